The molecule has 0 radical (unpaired) electrons. The summed E-state index contributed by atoms with van der Waals surface area (Å²) in [5, 5.41) is 10.2. The van der Waals surface area contributed by atoms with E-state index >= 15 is 0 Å². The third-order valence-corrected chi connectivity index (χ3v) is 4.41. The van der Waals surface area contributed by atoms with Gasteiger partial charge >= 0.3 is 0 Å². The maximum atomic E-state index is 8.92. The number of para-hydroxylation sites is 1. The third-order valence-electron chi connectivity index (χ3n) is 4.41. The van der Waals surface area contributed by atoms with Crippen molar-refractivity contribution in [3.8, 4) is 5.75 Å². The molecular formula is C23H31NO. The number of H-pyrrole nitrogens is 1. The highest BCUT2D eigenvalue weighted by Crippen LogP contribution is 2.29. The van der Waals surface area contributed by atoms with Gasteiger partial charge in [0.2, 0.25) is 0 Å². The van der Waals surface area contributed by atoms with E-state index in [1.165, 1.54) is 22.2 Å². The van der Waals surface area contributed by atoms with E-state index < -0.39 is 0 Å². The van der Waals surface area contributed by atoms with E-state index in [4.69, 9.17) is 5.11 Å². The van der Waals surface area contributed by atoms with E-state index in [1.54, 1.807) is 6.07 Å². The second kappa shape index (κ2) is 6.95. The van der Waals surface area contributed by atoms with Gasteiger partial charge in [-0.2, -0.15) is 0 Å². The zero-order valence-electron chi connectivity index (χ0n) is 16.6. The van der Waals surface area contributed by atoms with Crippen molar-refractivity contribution in [2.75, 3.05) is 0 Å². The summed E-state index contributed by atoms with van der Waals surface area (Å²) in [5.74, 6) is 0.368. The molecule has 0 atom stereocenters. The summed E-state index contributed by atoms with van der Waals surface area (Å²) in [6.45, 7) is 15.3. The molecule has 0 fully saturated rings. The highest BCUT2D eigenvalue weighted by Gasteiger charge is 2.18. The zero-order valence-corrected chi connectivity index (χ0v) is 16.6. The minimum Gasteiger partial charge on any atom is -0.508 e. The predicted octanol–water partition coefficient (Wildman–Crippen LogP) is 6.46. The molecule has 2 N–H and O–H groups in total. The summed E-state index contributed by atoms with van der Waals surface area (Å²) in [6, 6.07) is 16.3. The molecule has 0 amide bonds. The van der Waals surface area contributed by atoms with Crippen molar-refractivity contribution in [1.82, 2.24) is 4.98 Å². The number of phenols is 1. The maximum Gasteiger partial charge on any atom is 0.118 e. The molecule has 1 heterocycles. The molecule has 0 spiro atoms. The summed E-state index contributed by atoms with van der Waals surface area (Å²) in [4.78, 5) is 3.55. The largest absolute Gasteiger partial charge is 0.508 e. The lowest BCUT2D eigenvalue weighted by atomic mass is 9.87. The van der Waals surface area contributed by atoms with Crippen molar-refractivity contribution in [3.63, 3.8) is 0 Å². The number of hydrogen-bond donors (Lipinski definition) is 2. The van der Waals surface area contributed by atoms with Crippen molar-refractivity contribution in [2.24, 2.45) is 0 Å². The van der Waals surface area contributed by atoms with Gasteiger partial charge in [-0.15, -0.1) is 0 Å². The minimum atomic E-state index is 0.181. The van der Waals surface area contributed by atoms with Crippen molar-refractivity contribution >= 4 is 10.9 Å². The molecule has 0 saturated carbocycles. The van der Waals surface area contributed by atoms with Crippen LogP contribution in [0.1, 0.15) is 58.4 Å². The van der Waals surface area contributed by atoms with Crippen molar-refractivity contribution in [3.05, 3.63) is 65.4 Å². The highest BCUT2D eigenvalue weighted by atomic mass is 16.3. The molecule has 25 heavy (non-hydrogen) atoms. The third kappa shape index (κ3) is 4.88. The van der Waals surface area contributed by atoms with Crippen LogP contribution in [0.15, 0.2) is 48.5 Å². The topological polar surface area (TPSA) is 36.0 Å². The zero-order chi connectivity index (χ0) is 18.8. The van der Waals surface area contributed by atoms with Gasteiger partial charge in [-0.3, -0.25) is 0 Å². The number of aromatic amines is 1. The number of rotatable bonds is 0. The molecule has 3 aromatic rings. The quantitative estimate of drug-likeness (QED) is 0.485. The Labute approximate surface area is 151 Å². The molecule has 0 saturated heterocycles. The van der Waals surface area contributed by atoms with E-state index in [1.807, 2.05) is 25.1 Å². The standard InChI is InChI=1S/C16H23N.C7H8O/c1-15(2,3)12-8-7-11-9-14(16(4,5)6)17-13(11)10-12;1-6-4-2-3-5-7(6)8/h7-10,17H,1-6H3;2-5,8H,1H3. The fraction of sp³-hybridized carbons (Fsp3) is 0.391. The Morgan fingerprint density at radius 1 is 0.800 bits per heavy atom. The van der Waals surface area contributed by atoms with Crippen LogP contribution in [0.2, 0.25) is 0 Å². The average molecular weight is 338 g/mol. The van der Waals surface area contributed by atoms with Gasteiger partial charge in [-0.25, -0.2) is 0 Å². The SMILES string of the molecule is CC(C)(C)c1ccc2cc(C(C)(C)C)[nH]c2c1.Cc1ccccc1O. The molecule has 2 nitrogen and oxygen atoms in total. The van der Waals surface area contributed by atoms with Crippen LogP contribution in [0.25, 0.3) is 10.9 Å². The monoisotopic (exact) mass is 337 g/mol. The smallest absolute Gasteiger partial charge is 0.118 e. The van der Waals surface area contributed by atoms with Gasteiger partial charge in [-0.05, 0) is 47.1 Å². The first-order valence-corrected chi connectivity index (χ1v) is 8.87. The van der Waals surface area contributed by atoms with Gasteiger partial charge in [0.05, 0.1) is 0 Å². The van der Waals surface area contributed by atoms with Crippen LogP contribution < -0.4 is 0 Å². The first-order valence-electron chi connectivity index (χ1n) is 8.87. The van der Waals surface area contributed by atoms with Crippen molar-refractivity contribution < 1.29 is 5.11 Å². The number of fused-ring (bicyclic) bond motifs is 1. The first kappa shape index (κ1) is 19.1. The van der Waals surface area contributed by atoms with Crippen LogP contribution in [0.3, 0.4) is 0 Å². The Hall–Kier alpha value is -2.22. The van der Waals surface area contributed by atoms with Gasteiger partial charge in [0.25, 0.3) is 0 Å². The summed E-state index contributed by atoms with van der Waals surface area (Å²) >= 11 is 0. The Bertz CT molecular complexity index is 811. The molecule has 0 aliphatic carbocycles. The fourth-order valence-corrected chi connectivity index (χ4v) is 2.56. The number of aromatic nitrogens is 1. The molecule has 0 unspecified atom stereocenters. The molecule has 2 heteroatoms. The van der Waals surface area contributed by atoms with E-state index in [9.17, 15) is 0 Å². The van der Waals surface area contributed by atoms with Gasteiger partial charge in [-0.1, -0.05) is 71.9 Å². The van der Waals surface area contributed by atoms with E-state index in [0.717, 1.165) is 5.56 Å². The van der Waals surface area contributed by atoms with Crippen molar-refractivity contribution in [2.45, 2.75) is 59.3 Å². The molecule has 0 aliphatic rings. The Balaban J connectivity index is 0.000000236. The fourth-order valence-electron chi connectivity index (χ4n) is 2.56. The van der Waals surface area contributed by atoms with Crippen LogP contribution >= 0.6 is 0 Å². The van der Waals surface area contributed by atoms with Crippen molar-refractivity contribution in [1.29, 1.82) is 0 Å². The highest BCUT2D eigenvalue weighted by molar-refractivity contribution is 5.81. The average Bonchev–Trinajstić information content (AvgIpc) is 2.93. The lowest BCUT2D eigenvalue weighted by Crippen LogP contribution is -2.11. The molecule has 0 bridgehead atoms. The van der Waals surface area contributed by atoms with Crippen LogP contribution in [0, 0.1) is 6.92 Å². The Morgan fingerprint density at radius 3 is 1.92 bits per heavy atom. The minimum absolute atomic E-state index is 0.181. The van der Waals surface area contributed by atoms with E-state index in [0.29, 0.717) is 5.75 Å². The molecule has 0 aliphatic heterocycles. The van der Waals surface area contributed by atoms with Crippen LogP contribution in [0.5, 0.6) is 5.75 Å². The molecular weight excluding hydrogens is 306 g/mol. The lowest BCUT2D eigenvalue weighted by Gasteiger charge is -2.18. The summed E-state index contributed by atoms with van der Waals surface area (Å²) in [5.41, 5.74) is 5.25. The van der Waals surface area contributed by atoms with E-state index in [-0.39, 0.29) is 10.8 Å². The number of hydrogen-bond acceptors (Lipinski definition) is 1. The van der Waals surface area contributed by atoms with Gasteiger partial charge < -0.3 is 10.1 Å². The Kier molecular flexibility index (Phi) is 5.31. The number of aryl methyl sites for hydroxylation is 1. The molecule has 2 aromatic carbocycles. The normalized spacial score (nSPS) is 12.0. The maximum absolute atomic E-state index is 8.92. The summed E-state index contributed by atoms with van der Waals surface area (Å²) in [7, 11) is 0. The number of aromatic hydroxyl groups is 1. The second-order valence-corrected chi connectivity index (χ2v) is 8.77. The number of nitrogens with one attached hydrogen (secondary N) is 1. The summed E-state index contributed by atoms with van der Waals surface area (Å²) < 4.78 is 0. The van der Waals surface area contributed by atoms with Gasteiger partial charge in [0.15, 0.2) is 0 Å². The molecule has 134 valence electrons. The lowest BCUT2D eigenvalue weighted by molar-refractivity contribution is 0.471. The predicted molar refractivity (Wildman–Crippen MR) is 109 cm³/mol. The van der Waals surface area contributed by atoms with Crippen LogP contribution in [-0.2, 0) is 10.8 Å². The number of phenolic OH excluding ortho intramolecular Hbond substituents is 1. The number of benzene rings is 2. The van der Waals surface area contributed by atoms with E-state index in [2.05, 4.69) is 70.8 Å². The molecule has 3 rings (SSSR count). The molecule has 1 aromatic heterocycles. The second-order valence-electron chi connectivity index (χ2n) is 8.77. The first-order chi connectivity index (χ1) is 11.5. The van der Waals surface area contributed by atoms with Gasteiger partial charge in [0.1, 0.15) is 5.75 Å². The Morgan fingerprint density at radius 2 is 1.44 bits per heavy atom. The van der Waals surface area contributed by atoms with Gasteiger partial charge in [0, 0.05) is 16.6 Å². The summed E-state index contributed by atoms with van der Waals surface area (Å²) in [6.07, 6.45) is 0. The van der Waals surface area contributed by atoms with Crippen LogP contribution in [0.4, 0.5) is 0 Å². The van der Waals surface area contributed by atoms with Crippen LogP contribution in [-0.4, -0.2) is 10.1 Å².